The molecule has 0 aliphatic heterocycles. The molecule has 0 fully saturated rings. The average molecular weight is 1190 g/mol. The van der Waals surface area contributed by atoms with E-state index in [-0.39, 0.29) is 17.0 Å². The van der Waals surface area contributed by atoms with Gasteiger partial charge in [-0.2, -0.15) is 0 Å². The molecular weight excluding hydrogens is 1130 g/mol. The summed E-state index contributed by atoms with van der Waals surface area (Å²) in [6.07, 6.45) is 3.63. The molecule has 2 unspecified atom stereocenters. The summed E-state index contributed by atoms with van der Waals surface area (Å²) in [7, 11) is 0. The van der Waals surface area contributed by atoms with E-state index in [0.717, 1.165) is 106 Å². The van der Waals surface area contributed by atoms with Crippen LogP contribution in [0.5, 0.6) is 23.0 Å². The zero-order chi connectivity index (χ0) is 62.3. The van der Waals surface area contributed by atoms with Gasteiger partial charge in [0.25, 0.3) is 0 Å². The van der Waals surface area contributed by atoms with Crippen molar-refractivity contribution in [1.82, 2.24) is 0 Å². The van der Waals surface area contributed by atoms with E-state index in [2.05, 4.69) is 208 Å². The highest BCUT2D eigenvalue weighted by molar-refractivity contribution is 5.93. The fourth-order valence-electron chi connectivity index (χ4n) is 15.1. The number of benzene rings is 13. The molecule has 13 aromatic carbocycles. The third-order valence-electron chi connectivity index (χ3n) is 19.4. The quantitative estimate of drug-likeness (QED) is 0.108. The van der Waals surface area contributed by atoms with E-state index in [9.17, 15) is 0 Å². The van der Waals surface area contributed by atoms with Gasteiger partial charge in [0.15, 0.2) is 0 Å². The predicted molar refractivity (Wildman–Crippen MR) is 372 cm³/mol. The highest BCUT2D eigenvalue weighted by atomic mass is 19.1. The number of anilines is 3. The van der Waals surface area contributed by atoms with Crippen molar-refractivity contribution in [2.45, 2.75) is 30.1 Å². The van der Waals surface area contributed by atoms with Crippen LogP contribution in [0.2, 0.25) is 0 Å². The third-order valence-corrected chi connectivity index (χ3v) is 19.4. The minimum atomic E-state index is -0.904. The lowest BCUT2D eigenvalue weighted by Gasteiger charge is -2.36. The molecule has 13 aromatic rings. The number of ether oxygens (including phenoxy) is 2. The Labute approximate surface area is 535 Å². The van der Waals surface area contributed by atoms with Crippen molar-refractivity contribution < 1.29 is 18.3 Å². The van der Waals surface area contributed by atoms with E-state index in [1.165, 1.54) is 22.3 Å². The van der Waals surface area contributed by atoms with Gasteiger partial charge in [-0.1, -0.05) is 221 Å². The monoisotopic (exact) mass is 1190 g/mol. The molecule has 0 amide bonds. The van der Waals surface area contributed by atoms with Gasteiger partial charge >= 0.3 is 0 Å². The Kier molecular flexibility index (Phi) is 13.3. The molecule has 0 bridgehead atoms. The van der Waals surface area contributed by atoms with Crippen LogP contribution in [0.25, 0.3) is 56.7 Å². The van der Waals surface area contributed by atoms with E-state index in [0.29, 0.717) is 23.0 Å². The van der Waals surface area contributed by atoms with Crippen molar-refractivity contribution in [3.8, 4) is 67.5 Å². The van der Waals surface area contributed by atoms with E-state index in [4.69, 9.17) is 9.47 Å². The van der Waals surface area contributed by atoms with Gasteiger partial charge < -0.3 is 14.4 Å². The second-order valence-corrected chi connectivity index (χ2v) is 24.7. The summed E-state index contributed by atoms with van der Waals surface area (Å²) >= 11 is 0. The molecule has 0 spiro atoms. The third kappa shape index (κ3) is 8.90. The Morgan fingerprint density at radius 1 is 0.304 bits per heavy atom. The SMILES string of the molecule is C=Cc1ccc(Oc2ccc(C3(c4ccc(F)cc4)c4ccccc4-c4ccc(N(c5ccc(-c6ccc7c(c6)C(C)(C)c6ccccc6-7)cc5)c5ccc6c(c5)C(c5ccc(F)cc5)(c5ccc(Oc7ccc(C=C)cc7)cc5)c5ccccc5-6)cc43)cc2)cc1. The summed E-state index contributed by atoms with van der Waals surface area (Å²) in [6, 6.07) is 102. The fraction of sp³-hybridized carbons (Fsp3) is 0.0575. The first-order valence-electron chi connectivity index (χ1n) is 31.2. The molecule has 3 nitrogen and oxygen atoms in total. The van der Waals surface area contributed by atoms with E-state index < -0.39 is 10.8 Å². The van der Waals surface area contributed by atoms with E-state index in [1.807, 2.05) is 109 Å². The zero-order valence-corrected chi connectivity index (χ0v) is 50.9. The number of hydrogen-bond acceptors (Lipinski definition) is 3. The Balaban J connectivity index is 0.892. The maximum atomic E-state index is 15.4. The van der Waals surface area contributed by atoms with E-state index >= 15 is 8.78 Å². The summed E-state index contributed by atoms with van der Waals surface area (Å²) in [4.78, 5) is 2.37. The predicted octanol–water partition coefficient (Wildman–Crippen LogP) is 23.0. The number of nitrogens with zero attached hydrogens (tertiary/aromatic N) is 1. The van der Waals surface area contributed by atoms with Gasteiger partial charge in [0.1, 0.15) is 34.6 Å². The van der Waals surface area contributed by atoms with E-state index in [1.54, 1.807) is 24.3 Å². The lowest BCUT2D eigenvalue weighted by molar-refractivity contribution is 0.482. The first-order valence-corrected chi connectivity index (χ1v) is 31.2. The lowest BCUT2D eigenvalue weighted by atomic mass is 9.67. The topological polar surface area (TPSA) is 21.7 Å². The van der Waals surface area contributed by atoms with Crippen LogP contribution in [0.3, 0.4) is 0 Å². The van der Waals surface area contributed by atoms with Gasteiger partial charge in [0.2, 0.25) is 0 Å². The van der Waals surface area contributed by atoms with Crippen LogP contribution < -0.4 is 14.4 Å². The molecule has 0 heterocycles. The van der Waals surface area contributed by atoms with Crippen molar-refractivity contribution >= 4 is 29.2 Å². The Morgan fingerprint density at radius 3 is 1.05 bits per heavy atom. The van der Waals surface area contributed by atoms with Crippen molar-refractivity contribution in [2.75, 3.05) is 4.90 Å². The van der Waals surface area contributed by atoms with Crippen LogP contribution in [-0.2, 0) is 16.2 Å². The van der Waals surface area contributed by atoms with Crippen molar-refractivity contribution in [1.29, 1.82) is 0 Å². The second kappa shape index (κ2) is 22.0. The van der Waals surface area contributed by atoms with Crippen LogP contribution >= 0.6 is 0 Å². The van der Waals surface area contributed by atoms with Crippen LogP contribution in [0.4, 0.5) is 25.8 Å². The van der Waals surface area contributed by atoms with Gasteiger partial charge in [0.05, 0.1) is 10.8 Å². The first-order chi connectivity index (χ1) is 45.0. The molecule has 92 heavy (non-hydrogen) atoms. The van der Waals surface area contributed by atoms with Crippen LogP contribution in [0.1, 0.15) is 80.6 Å². The summed E-state index contributed by atoms with van der Waals surface area (Å²) in [6.45, 7) is 12.5. The lowest BCUT2D eigenvalue weighted by Crippen LogP contribution is -2.29. The molecular formula is C87H61F2NO2. The van der Waals surface area contributed by atoms with Gasteiger partial charge in [-0.05, 0) is 227 Å². The molecule has 0 saturated carbocycles. The molecule has 2 atom stereocenters. The minimum absolute atomic E-state index is 0.159. The van der Waals surface area contributed by atoms with Gasteiger partial charge in [-0.3, -0.25) is 0 Å². The maximum absolute atomic E-state index is 15.4. The Hall–Kier alpha value is -11.4. The molecule has 3 aliphatic carbocycles. The fourth-order valence-corrected chi connectivity index (χ4v) is 15.1. The highest BCUT2D eigenvalue weighted by Gasteiger charge is 2.49. The van der Waals surface area contributed by atoms with Gasteiger partial charge in [0, 0.05) is 22.5 Å². The van der Waals surface area contributed by atoms with Crippen LogP contribution in [0.15, 0.2) is 310 Å². The Bertz CT molecular complexity index is 4790. The molecule has 0 saturated heterocycles. The number of fused-ring (bicyclic) bond motifs is 9. The number of rotatable bonds is 14. The molecule has 0 radical (unpaired) electrons. The summed E-state index contributed by atoms with van der Waals surface area (Å²) < 4.78 is 43.7. The van der Waals surface area contributed by atoms with Crippen molar-refractivity contribution in [2.24, 2.45) is 0 Å². The summed E-state index contributed by atoms with van der Waals surface area (Å²) in [5.74, 6) is 2.18. The molecule has 5 heteroatoms. The molecule has 0 aromatic heterocycles. The summed E-state index contributed by atoms with van der Waals surface area (Å²) in [5, 5.41) is 0. The molecule has 0 N–H and O–H groups in total. The first kappa shape index (κ1) is 55.9. The maximum Gasteiger partial charge on any atom is 0.127 e. The van der Waals surface area contributed by atoms with Crippen LogP contribution in [-0.4, -0.2) is 0 Å². The summed E-state index contributed by atoms with van der Waals surface area (Å²) in [5.41, 5.74) is 22.8. The molecule has 440 valence electrons. The highest BCUT2D eigenvalue weighted by Crippen LogP contribution is 2.60. The van der Waals surface area contributed by atoms with Gasteiger partial charge in [-0.25, -0.2) is 8.78 Å². The van der Waals surface area contributed by atoms with Gasteiger partial charge in [-0.15, -0.1) is 0 Å². The number of hydrogen-bond donors (Lipinski definition) is 0. The normalized spacial score (nSPS) is 15.9. The Morgan fingerprint density at radius 2 is 0.630 bits per heavy atom. The number of halogens is 2. The largest absolute Gasteiger partial charge is 0.457 e. The second-order valence-electron chi connectivity index (χ2n) is 24.7. The minimum Gasteiger partial charge on any atom is -0.457 e. The zero-order valence-electron chi connectivity index (χ0n) is 50.9. The molecule has 16 rings (SSSR count). The molecule has 3 aliphatic rings. The van der Waals surface area contributed by atoms with Crippen LogP contribution in [0, 0.1) is 11.6 Å². The average Bonchev–Trinajstić information content (AvgIpc) is 1.54. The smallest absolute Gasteiger partial charge is 0.127 e. The van der Waals surface area contributed by atoms with Crippen molar-refractivity contribution in [3.63, 3.8) is 0 Å². The van der Waals surface area contributed by atoms with Crippen molar-refractivity contribution in [3.05, 3.63) is 389 Å². The standard InChI is InChI=1S/C87H61F2NO2/c1-5-56-19-42-69(43-20-56)91-71-46-30-62(31-47-71)86(60-26-34-64(88)35-27-60)80-17-11-8-14-74(80)77-51-40-67(54-83(77)86)90(66-38-23-58(24-39-66)59-25-50-76-73-13-7-10-16-79(73)85(3,4)82(76)53-59)68-41-52-78-75-15-9-12-18-81(75)87(84(78)55-68,61-28-36-65(89)37-29-61)63-32-48-72(49-33-63)92-70-44-21-57(6-2)22-45-70/h5-55H,1-2H2,3-4H3.